The fourth-order valence-electron chi connectivity index (χ4n) is 2.63. The van der Waals surface area contributed by atoms with Crippen LogP contribution in [0.25, 0.3) is 0 Å². The Balaban J connectivity index is 1.85. The van der Waals surface area contributed by atoms with E-state index in [1.165, 1.54) is 36.1 Å². The van der Waals surface area contributed by atoms with Gasteiger partial charge in [-0.25, -0.2) is 0 Å². The van der Waals surface area contributed by atoms with Crippen LogP contribution >= 0.6 is 11.8 Å². The summed E-state index contributed by atoms with van der Waals surface area (Å²) in [6, 6.07) is 7.35. The molecule has 1 heterocycles. The van der Waals surface area contributed by atoms with Crippen LogP contribution in [0.4, 0.5) is 0 Å². The smallest absolute Gasteiger partial charge is 0.122 e. The van der Waals surface area contributed by atoms with Crippen LogP contribution in [0.1, 0.15) is 30.9 Å². The average Bonchev–Trinajstić information content (AvgIpc) is 2.89. The number of benzene rings is 1. The first kappa shape index (κ1) is 14.7. The maximum Gasteiger partial charge on any atom is 0.122 e. The maximum absolute atomic E-state index is 5.56. The monoisotopic (exact) mass is 279 g/mol. The van der Waals surface area contributed by atoms with Crippen LogP contribution in [0.2, 0.25) is 0 Å². The summed E-state index contributed by atoms with van der Waals surface area (Å²) in [4.78, 5) is 0. The van der Waals surface area contributed by atoms with E-state index in [2.05, 4.69) is 36.7 Å². The van der Waals surface area contributed by atoms with Crippen molar-refractivity contribution in [2.45, 2.75) is 38.6 Å². The Hall–Kier alpha value is -0.670. The molecule has 106 valence electrons. The van der Waals surface area contributed by atoms with Gasteiger partial charge in [-0.1, -0.05) is 19.1 Å². The molecule has 2 nitrogen and oxygen atoms in total. The molecular weight excluding hydrogens is 254 g/mol. The predicted molar refractivity (Wildman–Crippen MR) is 84.4 cm³/mol. The average molecular weight is 279 g/mol. The van der Waals surface area contributed by atoms with Gasteiger partial charge in [0.1, 0.15) is 5.75 Å². The quantitative estimate of drug-likeness (QED) is 0.789. The van der Waals surface area contributed by atoms with Gasteiger partial charge in [0.2, 0.25) is 0 Å². The van der Waals surface area contributed by atoms with Crippen molar-refractivity contribution in [3.8, 4) is 5.75 Å². The predicted octanol–water partition coefficient (Wildman–Crippen LogP) is 3.29. The highest BCUT2D eigenvalue weighted by molar-refractivity contribution is 7.98. The molecule has 0 aromatic heterocycles. The molecule has 0 spiro atoms. The minimum atomic E-state index is 0.655. The Labute approximate surface area is 121 Å². The Bertz CT molecular complexity index is 394. The fourth-order valence-corrected chi connectivity index (χ4v) is 3.15. The van der Waals surface area contributed by atoms with Crippen LogP contribution in [0.3, 0.4) is 0 Å². The van der Waals surface area contributed by atoms with Crippen molar-refractivity contribution >= 4 is 11.8 Å². The second kappa shape index (κ2) is 7.81. The molecule has 1 aliphatic heterocycles. The normalized spacial score (nSPS) is 15.1. The molecule has 19 heavy (non-hydrogen) atoms. The number of aryl methyl sites for hydroxylation is 1. The van der Waals surface area contributed by atoms with E-state index >= 15 is 0 Å². The molecule has 0 bridgehead atoms. The number of hydrogen-bond acceptors (Lipinski definition) is 3. The van der Waals surface area contributed by atoms with Crippen molar-refractivity contribution in [2.75, 3.05) is 25.2 Å². The zero-order valence-corrected chi connectivity index (χ0v) is 12.9. The highest BCUT2D eigenvalue weighted by atomic mass is 32.2. The number of ether oxygens (including phenoxy) is 1. The number of thioether (sulfide) groups is 1. The Morgan fingerprint density at radius 3 is 3.05 bits per heavy atom. The number of nitrogens with one attached hydrogen (secondary N) is 1. The summed E-state index contributed by atoms with van der Waals surface area (Å²) in [6.45, 7) is 4.11. The molecule has 0 saturated carbocycles. The maximum atomic E-state index is 5.56. The summed E-state index contributed by atoms with van der Waals surface area (Å²) < 4.78 is 5.56. The van der Waals surface area contributed by atoms with Crippen LogP contribution in [0.5, 0.6) is 5.75 Å². The summed E-state index contributed by atoms with van der Waals surface area (Å²) in [5.74, 6) is 2.34. The molecular formula is C16H25NOS. The van der Waals surface area contributed by atoms with Gasteiger partial charge in [0.15, 0.2) is 0 Å². The first-order chi connectivity index (χ1) is 9.33. The van der Waals surface area contributed by atoms with E-state index < -0.39 is 0 Å². The first-order valence-electron chi connectivity index (χ1n) is 7.30. The van der Waals surface area contributed by atoms with Crippen molar-refractivity contribution < 1.29 is 4.74 Å². The number of fused-ring (bicyclic) bond motifs is 1. The van der Waals surface area contributed by atoms with Gasteiger partial charge in [-0.2, -0.15) is 11.8 Å². The molecule has 1 aromatic rings. The molecule has 1 aliphatic rings. The standard InChI is InChI=1S/C16H25NOS/c1-3-17-15(9-11-19-2)6-4-13-5-7-16-14(12-13)8-10-18-16/h5,7,12,15,17H,3-4,6,8-11H2,1-2H3. The lowest BCUT2D eigenvalue weighted by Crippen LogP contribution is -2.30. The molecule has 1 aromatic carbocycles. The molecule has 1 atom stereocenters. The van der Waals surface area contributed by atoms with Gasteiger partial charge in [-0.15, -0.1) is 0 Å². The summed E-state index contributed by atoms with van der Waals surface area (Å²) in [5, 5.41) is 3.60. The third-order valence-electron chi connectivity index (χ3n) is 3.70. The minimum absolute atomic E-state index is 0.655. The summed E-state index contributed by atoms with van der Waals surface area (Å²) in [7, 11) is 0. The Morgan fingerprint density at radius 2 is 2.26 bits per heavy atom. The van der Waals surface area contributed by atoms with E-state index in [9.17, 15) is 0 Å². The molecule has 0 amide bonds. The third-order valence-corrected chi connectivity index (χ3v) is 4.34. The van der Waals surface area contributed by atoms with E-state index in [0.29, 0.717) is 6.04 Å². The highest BCUT2D eigenvalue weighted by Gasteiger charge is 2.13. The molecule has 1 unspecified atom stereocenters. The second-order valence-electron chi connectivity index (χ2n) is 5.12. The topological polar surface area (TPSA) is 21.3 Å². The molecule has 0 fully saturated rings. The molecule has 2 rings (SSSR count). The molecule has 0 aliphatic carbocycles. The molecule has 1 N–H and O–H groups in total. The number of hydrogen-bond donors (Lipinski definition) is 1. The minimum Gasteiger partial charge on any atom is -0.493 e. The highest BCUT2D eigenvalue weighted by Crippen LogP contribution is 2.26. The van der Waals surface area contributed by atoms with Gasteiger partial charge in [0.05, 0.1) is 6.61 Å². The van der Waals surface area contributed by atoms with Gasteiger partial charge in [0.25, 0.3) is 0 Å². The largest absolute Gasteiger partial charge is 0.493 e. The van der Waals surface area contributed by atoms with Crippen molar-refractivity contribution in [1.82, 2.24) is 5.32 Å². The summed E-state index contributed by atoms with van der Waals surface area (Å²) in [6.07, 6.45) is 6.92. The van der Waals surface area contributed by atoms with Crippen molar-refractivity contribution in [3.05, 3.63) is 29.3 Å². The fraction of sp³-hybridized carbons (Fsp3) is 0.625. The summed E-state index contributed by atoms with van der Waals surface area (Å²) in [5.41, 5.74) is 2.85. The molecule has 0 saturated heterocycles. The zero-order chi connectivity index (χ0) is 13.5. The van der Waals surface area contributed by atoms with E-state index in [-0.39, 0.29) is 0 Å². The third kappa shape index (κ3) is 4.43. The van der Waals surface area contributed by atoms with Crippen LogP contribution < -0.4 is 10.1 Å². The van der Waals surface area contributed by atoms with Crippen molar-refractivity contribution in [3.63, 3.8) is 0 Å². The molecule has 0 radical (unpaired) electrons. The second-order valence-corrected chi connectivity index (χ2v) is 6.10. The van der Waals surface area contributed by atoms with Gasteiger partial charge in [-0.3, -0.25) is 0 Å². The Morgan fingerprint density at radius 1 is 1.37 bits per heavy atom. The molecule has 3 heteroatoms. The number of rotatable bonds is 8. The lowest BCUT2D eigenvalue weighted by atomic mass is 10.0. The lowest BCUT2D eigenvalue weighted by molar-refractivity contribution is 0.357. The SMILES string of the molecule is CCNC(CCSC)CCc1ccc2c(c1)CCO2. The van der Waals surface area contributed by atoms with Crippen LogP contribution in [-0.4, -0.2) is 31.2 Å². The van der Waals surface area contributed by atoms with E-state index in [1.54, 1.807) is 0 Å². The van der Waals surface area contributed by atoms with Gasteiger partial charge in [0, 0.05) is 12.5 Å². The van der Waals surface area contributed by atoms with Gasteiger partial charge >= 0.3 is 0 Å². The van der Waals surface area contributed by atoms with E-state index in [4.69, 9.17) is 4.74 Å². The van der Waals surface area contributed by atoms with E-state index in [1.807, 2.05) is 11.8 Å². The van der Waals surface area contributed by atoms with E-state index in [0.717, 1.165) is 25.3 Å². The van der Waals surface area contributed by atoms with Gasteiger partial charge < -0.3 is 10.1 Å². The van der Waals surface area contributed by atoms with Crippen molar-refractivity contribution in [1.29, 1.82) is 0 Å². The first-order valence-corrected chi connectivity index (χ1v) is 8.69. The van der Waals surface area contributed by atoms with Gasteiger partial charge in [-0.05, 0) is 55.0 Å². The van der Waals surface area contributed by atoms with Crippen LogP contribution in [0, 0.1) is 0 Å². The van der Waals surface area contributed by atoms with Crippen molar-refractivity contribution in [2.24, 2.45) is 0 Å². The van der Waals surface area contributed by atoms with Crippen LogP contribution in [0.15, 0.2) is 18.2 Å². The summed E-state index contributed by atoms with van der Waals surface area (Å²) >= 11 is 1.94. The lowest BCUT2D eigenvalue weighted by Gasteiger charge is -2.17. The Kier molecular flexibility index (Phi) is 6.05. The van der Waals surface area contributed by atoms with Crippen LogP contribution in [-0.2, 0) is 12.8 Å². The zero-order valence-electron chi connectivity index (χ0n) is 12.1.